The van der Waals surface area contributed by atoms with Crippen LogP contribution in [0.15, 0.2) is 78.9 Å². The van der Waals surface area contributed by atoms with Crippen molar-refractivity contribution in [2.45, 2.75) is 19.4 Å². The molecule has 0 fully saturated rings. The Kier molecular flexibility index (Phi) is 7.04. The fourth-order valence-electron chi connectivity index (χ4n) is 3.03. The molecule has 0 aliphatic carbocycles. The minimum absolute atomic E-state index is 0.140. The normalized spacial score (nSPS) is 11.5. The summed E-state index contributed by atoms with van der Waals surface area (Å²) in [6.07, 6.45) is 0.172. The fourth-order valence-corrected chi connectivity index (χ4v) is 3.25. The zero-order valence-corrected chi connectivity index (χ0v) is 16.9. The van der Waals surface area contributed by atoms with Crippen molar-refractivity contribution in [3.05, 3.63) is 106 Å². The first kappa shape index (κ1) is 20.6. The highest BCUT2D eigenvalue weighted by Crippen LogP contribution is 2.22. The summed E-state index contributed by atoms with van der Waals surface area (Å²) in [5.41, 5.74) is 3.57. The third-order valence-corrected chi connectivity index (χ3v) is 4.93. The first-order valence-electron chi connectivity index (χ1n) is 9.48. The van der Waals surface area contributed by atoms with Crippen molar-refractivity contribution >= 4 is 23.4 Å². The molecule has 2 N–H and O–H groups in total. The molecule has 0 aliphatic rings. The number of carbonyl (C=O) groups is 2. The molecular weight excluding hydrogens is 384 g/mol. The highest BCUT2D eigenvalue weighted by molar-refractivity contribution is 6.33. The van der Waals surface area contributed by atoms with Crippen molar-refractivity contribution in [2.75, 3.05) is 6.54 Å². The summed E-state index contributed by atoms with van der Waals surface area (Å²) < 4.78 is 0. The Morgan fingerprint density at radius 2 is 1.48 bits per heavy atom. The van der Waals surface area contributed by atoms with Gasteiger partial charge in [0.05, 0.1) is 16.6 Å². The van der Waals surface area contributed by atoms with Crippen LogP contribution >= 0.6 is 11.6 Å². The average molecular weight is 407 g/mol. The van der Waals surface area contributed by atoms with Crippen LogP contribution in [0, 0.1) is 6.92 Å². The van der Waals surface area contributed by atoms with Gasteiger partial charge in [0.1, 0.15) is 0 Å². The van der Waals surface area contributed by atoms with Gasteiger partial charge in [0.25, 0.3) is 5.91 Å². The van der Waals surface area contributed by atoms with E-state index in [2.05, 4.69) is 10.6 Å². The SMILES string of the molecule is Cc1ccc(C(NC(=O)CCNC(=O)c2ccccc2Cl)c2ccccc2)cc1. The number of hydrogen-bond acceptors (Lipinski definition) is 2. The van der Waals surface area contributed by atoms with Gasteiger partial charge in [-0.2, -0.15) is 0 Å². The maximum absolute atomic E-state index is 12.6. The number of hydrogen-bond donors (Lipinski definition) is 2. The molecule has 0 spiro atoms. The number of carbonyl (C=O) groups excluding carboxylic acids is 2. The minimum Gasteiger partial charge on any atom is -0.351 e. The van der Waals surface area contributed by atoms with Crippen LogP contribution in [-0.4, -0.2) is 18.4 Å². The second-order valence-electron chi connectivity index (χ2n) is 6.81. The lowest BCUT2D eigenvalue weighted by atomic mass is 9.97. The van der Waals surface area contributed by atoms with Crippen molar-refractivity contribution in [2.24, 2.45) is 0 Å². The maximum Gasteiger partial charge on any atom is 0.252 e. The molecule has 1 atom stereocenters. The summed E-state index contributed by atoms with van der Waals surface area (Å²) in [7, 11) is 0. The number of amides is 2. The first-order chi connectivity index (χ1) is 14.0. The minimum atomic E-state index is -0.290. The third kappa shape index (κ3) is 5.69. The number of benzene rings is 3. The van der Waals surface area contributed by atoms with E-state index in [1.807, 2.05) is 61.5 Å². The second-order valence-corrected chi connectivity index (χ2v) is 7.21. The van der Waals surface area contributed by atoms with E-state index in [9.17, 15) is 9.59 Å². The van der Waals surface area contributed by atoms with Gasteiger partial charge < -0.3 is 10.6 Å². The number of aryl methyl sites for hydroxylation is 1. The fraction of sp³-hybridized carbons (Fsp3) is 0.167. The van der Waals surface area contributed by atoms with Crippen LogP contribution in [0.25, 0.3) is 0 Å². The summed E-state index contributed by atoms with van der Waals surface area (Å²) in [6, 6.07) is 24.5. The molecule has 3 aromatic carbocycles. The highest BCUT2D eigenvalue weighted by Gasteiger charge is 2.17. The van der Waals surface area contributed by atoms with Crippen LogP contribution in [0.5, 0.6) is 0 Å². The smallest absolute Gasteiger partial charge is 0.252 e. The van der Waals surface area contributed by atoms with E-state index >= 15 is 0 Å². The molecule has 0 bridgehead atoms. The molecule has 0 radical (unpaired) electrons. The largest absolute Gasteiger partial charge is 0.351 e. The summed E-state index contributed by atoms with van der Waals surface area (Å²) >= 11 is 6.04. The maximum atomic E-state index is 12.6. The molecule has 5 heteroatoms. The van der Waals surface area contributed by atoms with E-state index in [-0.39, 0.29) is 30.8 Å². The molecule has 2 amide bonds. The number of rotatable bonds is 7. The van der Waals surface area contributed by atoms with Crippen LogP contribution in [0.4, 0.5) is 0 Å². The van der Waals surface area contributed by atoms with Gasteiger partial charge in [-0.15, -0.1) is 0 Å². The summed E-state index contributed by atoms with van der Waals surface area (Å²) in [5.74, 6) is -0.430. The lowest BCUT2D eigenvalue weighted by Crippen LogP contribution is -2.33. The Bertz CT molecular complexity index is 972. The number of nitrogens with one attached hydrogen (secondary N) is 2. The van der Waals surface area contributed by atoms with Crippen molar-refractivity contribution in [1.29, 1.82) is 0 Å². The van der Waals surface area contributed by atoms with Crippen LogP contribution in [-0.2, 0) is 4.79 Å². The van der Waals surface area contributed by atoms with E-state index in [1.54, 1.807) is 24.3 Å². The molecule has 4 nitrogen and oxygen atoms in total. The van der Waals surface area contributed by atoms with Crippen LogP contribution in [0.2, 0.25) is 5.02 Å². The van der Waals surface area contributed by atoms with Crippen LogP contribution in [0.1, 0.15) is 39.5 Å². The highest BCUT2D eigenvalue weighted by atomic mass is 35.5. The van der Waals surface area contributed by atoms with Gasteiger partial charge in [0.15, 0.2) is 0 Å². The molecule has 0 aliphatic heterocycles. The molecule has 3 rings (SSSR count). The van der Waals surface area contributed by atoms with Gasteiger partial charge in [-0.25, -0.2) is 0 Å². The zero-order valence-electron chi connectivity index (χ0n) is 16.2. The molecule has 1 unspecified atom stereocenters. The van der Waals surface area contributed by atoms with Gasteiger partial charge in [0.2, 0.25) is 5.91 Å². The molecule has 0 saturated heterocycles. The molecular formula is C24H23ClN2O2. The summed E-state index contributed by atoms with van der Waals surface area (Å²) in [4.78, 5) is 24.8. The topological polar surface area (TPSA) is 58.2 Å². The summed E-state index contributed by atoms with van der Waals surface area (Å²) in [6.45, 7) is 2.26. The van der Waals surface area contributed by atoms with Gasteiger partial charge in [0, 0.05) is 13.0 Å². The van der Waals surface area contributed by atoms with Crippen molar-refractivity contribution in [1.82, 2.24) is 10.6 Å². The standard InChI is InChI=1S/C24H23ClN2O2/c1-17-11-13-19(14-12-17)23(18-7-3-2-4-8-18)27-22(28)15-16-26-24(29)20-9-5-6-10-21(20)25/h2-14,23H,15-16H2,1H3,(H,26,29)(H,27,28). The molecule has 148 valence electrons. The lowest BCUT2D eigenvalue weighted by Gasteiger charge is -2.20. The van der Waals surface area contributed by atoms with Gasteiger partial charge >= 0.3 is 0 Å². The van der Waals surface area contributed by atoms with Crippen LogP contribution in [0.3, 0.4) is 0 Å². The predicted octanol–water partition coefficient (Wildman–Crippen LogP) is 4.67. The Morgan fingerprint density at radius 1 is 0.862 bits per heavy atom. The molecule has 3 aromatic rings. The summed E-state index contributed by atoms with van der Waals surface area (Å²) in [5, 5.41) is 6.21. The van der Waals surface area contributed by atoms with Crippen molar-refractivity contribution < 1.29 is 9.59 Å². The lowest BCUT2D eigenvalue weighted by molar-refractivity contribution is -0.121. The molecule has 0 heterocycles. The van der Waals surface area contributed by atoms with Crippen molar-refractivity contribution in [3.8, 4) is 0 Å². The van der Waals surface area contributed by atoms with Gasteiger partial charge in [-0.1, -0.05) is 83.9 Å². The zero-order chi connectivity index (χ0) is 20.6. The van der Waals surface area contributed by atoms with Gasteiger partial charge in [-0.05, 0) is 30.2 Å². The van der Waals surface area contributed by atoms with Gasteiger partial charge in [-0.3, -0.25) is 9.59 Å². The van der Waals surface area contributed by atoms with E-state index < -0.39 is 0 Å². The monoisotopic (exact) mass is 406 g/mol. The Labute approximate surface area is 175 Å². The molecule has 0 saturated carbocycles. The van der Waals surface area contributed by atoms with Crippen molar-refractivity contribution in [3.63, 3.8) is 0 Å². The van der Waals surface area contributed by atoms with E-state index in [0.717, 1.165) is 16.7 Å². The number of halogens is 1. The average Bonchev–Trinajstić information content (AvgIpc) is 2.73. The van der Waals surface area contributed by atoms with E-state index in [0.29, 0.717) is 10.6 Å². The first-order valence-corrected chi connectivity index (χ1v) is 9.86. The second kappa shape index (κ2) is 9.89. The van der Waals surface area contributed by atoms with Crippen LogP contribution < -0.4 is 10.6 Å². The quantitative estimate of drug-likeness (QED) is 0.598. The van der Waals surface area contributed by atoms with E-state index in [1.165, 1.54) is 0 Å². The molecule has 0 aromatic heterocycles. The third-order valence-electron chi connectivity index (χ3n) is 4.61. The molecule has 29 heavy (non-hydrogen) atoms. The Morgan fingerprint density at radius 3 is 2.17 bits per heavy atom. The Balaban J connectivity index is 1.62. The predicted molar refractivity (Wildman–Crippen MR) is 116 cm³/mol. The van der Waals surface area contributed by atoms with E-state index in [4.69, 9.17) is 11.6 Å². The Hall–Kier alpha value is -3.11.